The van der Waals surface area contributed by atoms with Crippen molar-refractivity contribution >= 4 is 28.5 Å². The number of hydrogen-bond acceptors (Lipinski definition) is 3. The summed E-state index contributed by atoms with van der Waals surface area (Å²) in [7, 11) is 0. The highest BCUT2D eigenvalue weighted by atomic mass is 35.5. The number of aromatic nitrogens is 2. The number of carboxylic acid groups (broad SMARTS) is 1. The lowest BCUT2D eigenvalue weighted by atomic mass is 10.1. The van der Waals surface area contributed by atoms with E-state index in [4.69, 9.17) is 11.6 Å². The third kappa shape index (κ3) is 2.25. The lowest BCUT2D eigenvalue weighted by Crippen LogP contribution is -2.22. The van der Waals surface area contributed by atoms with Crippen LogP contribution in [-0.4, -0.2) is 20.9 Å². The van der Waals surface area contributed by atoms with Gasteiger partial charge in [0.2, 0.25) is 11.1 Å². The van der Waals surface area contributed by atoms with Crippen LogP contribution in [0.1, 0.15) is 16.1 Å². The molecule has 0 spiro atoms. The fourth-order valence-corrected chi connectivity index (χ4v) is 2.48. The van der Waals surface area contributed by atoms with Gasteiger partial charge >= 0.3 is 5.97 Å². The Morgan fingerprint density at radius 3 is 2.50 bits per heavy atom. The van der Waals surface area contributed by atoms with Gasteiger partial charge in [-0.2, -0.15) is 5.10 Å². The number of aromatic carboxylic acids is 1. The minimum absolute atomic E-state index is 0.322. The number of carbonyl (C=O) groups is 1. The Labute approximate surface area is 130 Å². The van der Waals surface area contributed by atoms with Crippen LogP contribution in [0.2, 0.25) is 5.02 Å². The molecule has 0 radical (unpaired) electrons. The summed E-state index contributed by atoms with van der Waals surface area (Å²) in [5, 5.41) is 14.1. The van der Waals surface area contributed by atoms with Crippen molar-refractivity contribution in [2.24, 2.45) is 0 Å². The number of halogens is 1. The molecule has 110 valence electrons. The first-order valence-electron chi connectivity index (χ1n) is 6.51. The van der Waals surface area contributed by atoms with Crippen LogP contribution in [0.25, 0.3) is 16.6 Å². The van der Waals surface area contributed by atoms with Gasteiger partial charge in [-0.3, -0.25) is 4.79 Å². The Balaban J connectivity index is 2.47. The third-order valence-corrected chi connectivity index (χ3v) is 3.64. The molecule has 22 heavy (non-hydrogen) atoms. The molecular weight excluding hydrogens is 304 g/mol. The molecule has 0 aliphatic carbocycles. The van der Waals surface area contributed by atoms with Crippen molar-refractivity contribution in [2.45, 2.75) is 6.92 Å². The summed E-state index contributed by atoms with van der Waals surface area (Å²) in [5.74, 6) is -1.35. The zero-order chi connectivity index (χ0) is 15.9. The molecule has 0 saturated carbocycles. The fourth-order valence-electron chi connectivity index (χ4n) is 2.36. The monoisotopic (exact) mass is 314 g/mol. The maximum Gasteiger partial charge on any atom is 0.360 e. The first-order valence-corrected chi connectivity index (χ1v) is 6.89. The molecule has 3 aromatic rings. The number of para-hydroxylation sites is 1. The molecule has 1 aromatic heterocycles. The predicted octanol–water partition coefficient (Wildman–Crippen LogP) is 3.05. The molecule has 0 aliphatic rings. The van der Waals surface area contributed by atoms with E-state index in [1.165, 1.54) is 4.68 Å². The summed E-state index contributed by atoms with van der Waals surface area (Å²) < 4.78 is 1.46. The molecule has 0 bridgehead atoms. The molecule has 0 atom stereocenters. The summed E-state index contributed by atoms with van der Waals surface area (Å²) in [6.07, 6.45) is 0. The highest BCUT2D eigenvalue weighted by Crippen LogP contribution is 2.20. The number of rotatable bonds is 2. The van der Waals surface area contributed by atoms with Crippen molar-refractivity contribution in [2.75, 3.05) is 0 Å². The van der Waals surface area contributed by atoms with Gasteiger partial charge in [0.15, 0.2) is 0 Å². The van der Waals surface area contributed by atoms with E-state index in [-0.39, 0.29) is 0 Å². The second kappa shape index (κ2) is 5.27. The van der Waals surface area contributed by atoms with E-state index in [1.54, 1.807) is 36.4 Å². The Hall–Kier alpha value is -2.66. The first kappa shape index (κ1) is 14.3. The zero-order valence-electron chi connectivity index (χ0n) is 11.6. The van der Waals surface area contributed by atoms with Crippen LogP contribution in [0.15, 0.2) is 47.3 Å². The van der Waals surface area contributed by atoms with E-state index in [9.17, 15) is 14.7 Å². The summed E-state index contributed by atoms with van der Waals surface area (Å²) in [6, 6.07) is 12.0. The van der Waals surface area contributed by atoms with Crippen molar-refractivity contribution < 1.29 is 9.90 Å². The Morgan fingerprint density at radius 1 is 1.18 bits per heavy atom. The van der Waals surface area contributed by atoms with E-state index < -0.39 is 17.1 Å². The van der Waals surface area contributed by atoms with E-state index in [1.807, 2.05) is 13.0 Å². The molecule has 6 heteroatoms. The van der Waals surface area contributed by atoms with Crippen molar-refractivity contribution in [3.8, 4) is 5.69 Å². The van der Waals surface area contributed by atoms with Gasteiger partial charge in [-0.15, -0.1) is 0 Å². The lowest BCUT2D eigenvalue weighted by Gasteiger charge is -2.12. The van der Waals surface area contributed by atoms with E-state index in [2.05, 4.69) is 5.10 Å². The number of fused-ring (bicyclic) bond motifs is 1. The summed E-state index contributed by atoms with van der Waals surface area (Å²) in [5.41, 5.74) is 0.949. The molecule has 0 saturated heterocycles. The molecule has 0 aliphatic heterocycles. The second-order valence-electron chi connectivity index (χ2n) is 4.84. The number of hydrogen-bond donors (Lipinski definition) is 1. The zero-order valence-corrected chi connectivity index (χ0v) is 12.3. The van der Waals surface area contributed by atoms with Crippen LogP contribution in [0.3, 0.4) is 0 Å². The van der Waals surface area contributed by atoms with Crippen molar-refractivity contribution in [3.63, 3.8) is 0 Å². The molecule has 1 N–H and O–H groups in total. The molecule has 0 amide bonds. The van der Waals surface area contributed by atoms with Crippen LogP contribution >= 0.6 is 11.6 Å². The van der Waals surface area contributed by atoms with Gasteiger partial charge < -0.3 is 5.11 Å². The van der Waals surface area contributed by atoms with E-state index >= 15 is 0 Å². The second-order valence-corrected chi connectivity index (χ2v) is 5.28. The summed E-state index contributed by atoms with van der Waals surface area (Å²) >= 11 is 5.88. The van der Waals surface area contributed by atoms with Gasteiger partial charge in [0.25, 0.3) is 0 Å². The topological polar surface area (TPSA) is 72.2 Å². The van der Waals surface area contributed by atoms with Crippen LogP contribution in [-0.2, 0) is 0 Å². The molecule has 3 rings (SSSR count). The number of aryl methyl sites for hydroxylation is 1. The van der Waals surface area contributed by atoms with Crippen molar-refractivity contribution in [1.29, 1.82) is 0 Å². The standard InChI is InChI=1S/C16H11ClN2O3/c1-9-3-2-4-12-14(9)19(11-7-5-10(17)6-8-11)18-13(15(12)20)16(21)22/h2-8H,1H3,(H,21,22). The maximum absolute atomic E-state index is 12.3. The van der Waals surface area contributed by atoms with Crippen LogP contribution < -0.4 is 5.43 Å². The van der Waals surface area contributed by atoms with E-state index in [0.29, 0.717) is 21.6 Å². The maximum atomic E-state index is 12.3. The van der Waals surface area contributed by atoms with E-state index in [0.717, 1.165) is 5.56 Å². The third-order valence-electron chi connectivity index (χ3n) is 3.38. The lowest BCUT2D eigenvalue weighted by molar-refractivity contribution is 0.0687. The fraction of sp³-hybridized carbons (Fsp3) is 0.0625. The van der Waals surface area contributed by atoms with Gasteiger partial charge in [-0.1, -0.05) is 23.7 Å². The van der Waals surface area contributed by atoms with Crippen molar-refractivity contribution in [3.05, 3.63) is 69.0 Å². The van der Waals surface area contributed by atoms with Gasteiger partial charge in [0.05, 0.1) is 16.6 Å². The Bertz CT molecular complexity index is 946. The van der Waals surface area contributed by atoms with Gasteiger partial charge in [0, 0.05) is 5.02 Å². The van der Waals surface area contributed by atoms with Gasteiger partial charge in [-0.25, -0.2) is 9.48 Å². The molecule has 0 fully saturated rings. The molecule has 5 nitrogen and oxygen atoms in total. The normalized spacial score (nSPS) is 10.8. The van der Waals surface area contributed by atoms with Crippen LogP contribution in [0.4, 0.5) is 0 Å². The van der Waals surface area contributed by atoms with Crippen molar-refractivity contribution in [1.82, 2.24) is 9.78 Å². The number of benzene rings is 2. The summed E-state index contributed by atoms with van der Waals surface area (Å²) in [6.45, 7) is 1.84. The quantitative estimate of drug-likeness (QED) is 0.789. The van der Waals surface area contributed by atoms with Gasteiger partial charge in [-0.05, 0) is 42.8 Å². The average molecular weight is 315 g/mol. The minimum Gasteiger partial charge on any atom is -0.476 e. The smallest absolute Gasteiger partial charge is 0.360 e. The average Bonchev–Trinajstić information content (AvgIpc) is 2.49. The van der Waals surface area contributed by atoms with Crippen LogP contribution in [0.5, 0.6) is 0 Å². The predicted molar refractivity (Wildman–Crippen MR) is 84.0 cm³/mol. The number of carboxylic acids is 1. The highest BCUT2D eigenvalue weighted by Gasteiger charge is 2.18. The van der Waals surface area contributed by atoms with Gasteiger partial charge in [0.1, 0.15) is 0 Å². The number of nitrogens with zero attached hydrogens (tertiary/aromatic N) is 2. The SMILES string of the molecule is Cc1cccc2c(=O)c(C(=O)O)nn(-c3ccc(Cl)cc3)c12. The largest absolute Gasteiger partial charge is 0.476 e. The van der Waals surface area contributed by atoms with Crippen LogP contribution in [0, 0.1) is 6.92 Å². The minimum atomic E-state index is -1.35. The Kier molecular flexibility index (Phi) is 3.42. The molecular formula is C16H11ClN2O3. The molecule has 2 aromatic carbocycles. The summed E-state index contributed by atoms with van der Waals surface area (Å²) in [4.78, 5) is 23.6. The molecule has 1 heterocycles. The molecule has 0 unspecified atom stereocenters. The Morgan fingerprint density at radius 2 is 1.86 bits per heavy atom. The first-order chi connectivity index (χ1) is 10.5. The highest BCUT2D eigenvalue weighted by molar-refractivity contribution is 6.30.